The second kappa shape index (κ2) is 9.81. The van der Waals surface area contributed by atoms with Crippen molar-refractivity contribution in [3.05, 3.63) is 11.0 Å². The van der Waals surface area contributed by atoms with Gasteiger partial charge in [-0.25, -0.2) is 0 Å². The molecule has 3 aliphatic rings. The lowest BCUT2D eigenvalue weighted by atomic mass is 9.81. The molecule has 0 bridgehead atoms. The van der Waals surface area contributed by atoms with E-state index >= 15 is 0 Å². The van der Waals surface area contributed by atoms with Crippen molar-refractivity contribution in [2.75, 3.05) is 0 Å². The third-order valence-electron chi connectivity index (χ3n) is 6.58. The van der Waals surface area contributed by atoms with Crippen molar-refractivity contribution in [1.29, 1.82) is 5.41 Å². The molecule has 2 atom stereocenters. The Bertz CT molecular complexity index is 799. The molecule has 0 radical (unpaired) electrons. The Morgan fingerprint density at radius 1 is 1.13 bits per heavy atom. The van der Waals surface area contributed by atoms with E-state index in [1.54, 1.807) is 0 Å². The van der Waals surface area contributed by atoms with Gasteiger partial charge < -0.3 is 15.4 Å². The maximum Gasteiger partial charge on any atom is 0.319 e. The lowest BCUT2D eigenvalue weighted by Crippen LogP contribution is -2.54. The second-order valence-electron chi connectivity index (χ2n) is 10.4. The molecule has 6 heteroatoms. The zero-order chi connectivity index (χ0) is 22.8. The number of hydrogen-bond donors (Lipinski definition) is 2. The number of carboxylic acids is 1. The Hall–Kier alpha value is -1.74. The van der Waals surface area contributed by atoms with E-state index in [0.29, 0.717) is 18.8 Å². The Morgan fingerprint density at radius 3 is 2.29 bits per heavy atom. The van der Waals surface area contributed by atoms with E-state index in [-0.39, 0.29) is 23.3 Å². The molecule has 1 aliphatic heterocycles. The quantitative estimate of drug-likeness (QED) is 0.591. The summed E-state index contributed by atoms with van der Waals surface area (Å²) in [5.74, 6) is 6.22. The molecule has 31 heavy (non-hydrogen) atoms. The highest BCUT2D eigenvalue weighted by molar-refractivity contribution is 8.05. The molecule has 0 aromatic heterocycles. The molecular weight excluding hydrogens is 408 g/mol. The zero-order valence-corrected chi connectivity index (χ0v) is 20.1. The van der Waals surface area contributed by atoms with E-state index in [0.717, 1.165) is 49.1 Å². The molecule has 1 amide bonds. The number of amides is 1. The van der Waals surface area contributed by atoms with Gasteiger partial charge in [-0.3, -0.25) is 9.59 Å². The molecule has 170 valence electrons. The molecule has 0 spiro atoms. The van der Waals surface area contributed by atoms with E-state index in [9.17, 15) is 14.7 Å². The molecule has 0 aromatic rings. The van der Waals surface area contributed by atoms with Gasteiger partial charge in [-0.1, -0.05) is 30.5 Å². The van der Waals surface area contributed by atoms with Crippen molar-refractivity contribution < 1.29 is 14.7 Å². The van der Waals surface area contributed by atoms with Crippen LogP contribution < -0.4 is 0 Å². The average Bonchev–Trinajstić information content (AvgIpc) is 3.12. The van der Waals surface area contributed by atoms with E-state index in [2.05, 4.69) is 18.8 Å². The van der Waals surface area contributed by atoms with E-state index < -0.39 is 17.3 Å². The van der Waals surface area contributed by atoms with E-state index in [1.807, 2.05) is 31.7 Å². The number of carbonyl (C=O) groups is 2. The van der Waals surface area contributed by atoms with Crippen molar-refractivity contribution in [2.24, 2.45) is 17.3 Å². The van der Waals surface area contributed by atoms with Gasteiger partial charge in [0.05, 0.1) is 10.9 Å². The smallest absolute Gasteiger partial charge is 0.319 e. The van der Waals surface area contributed by atoms with Crippen molar-refractivity contribution in [2.45, 2.75) is 96.4 Å². The fourth-order valence-corrected chi connectivity index (χ4v) is 5.80. The van der Waals surface area contributed by atoms with Crippen molar-refractivity contribution in [3.63, 3.8) is 0 Å². The lowest BCUT2D eigenvalue weighted by Gasteiger charge is -2.42. The van der Waals surface area contributed by atoms with Gasteiger partial charge in [-0.15, -0.1) is 0 Å². The Morgan fingerprint density at radius 2 is 1.74 bits per heavy atom. The highest BCUT2D eigenvalue weighted by Gasteiger charge is 2.44. The molecule has 1 unspecified atom stereocenters. The van der Waals surface area contributed by atoms with Gasteiger partial charge in [0.2, 0.25) is 5.91 Å². The molecule has 1 heterocycles. The predicted molar refractivity (Wildman–Crippen MR) is 126 cm³/mol. The van der Waals surface area contributed by atoms with Gasteiger partial charge in [-0.2, -0.15) is 0 Å². The number of allylic oxidation sites excluding steroid dienone is 1. The molecule has 0 saturated heterocycles. The summed E-state index contributed by atoms with van der Waals surface area (Å²) in [5, 5.41) is 17.2. The highest BCUT2D eigenvalue weighted by Crippen LogP contribution is 2.40. The minimum atomic E-state index is -0.891. The van der Waals surface area contributed by atoms with Crippen molar-refractivity contribution in [3.8, 4) is 11.8 Å². The van der Waals surface area contributed by atoms with Crippen LogP contribution in [0, 0.1) is 34.5 Å². The van der Waals surface area contributed by atoms with Crippen LogP contribution in [0.3, 0.4) is 0 Å². The highest BCUT2D eigenvalue weighted by atomic mass is 32.2. The summed E-state index contributed by atoms with van der Waals surface area (Å²) in [7, 11) is 0. The van der Waals surface area contributed by atoms with Crippen LogP contribution >= 0.6 is 11.8 Å². The predicted octanol–water partition coefficient (Wildman–Crippen LogP) is 5.11. The van der Waals surface area contributed by atoms with Gasteiger partial charge in [0.15, 0.2) is 0 Å². The topological polar surface area (TPSA) is 81.5 Å². The number of rotatable bonds is 4. The van der Waals surface area contributed by atoms with Gasteiger partial charge in [-0.05, 0) is 84.1 Å². The normalized spacial score (nSPS) is 31.4. The first kappa shape index (κ1) is 23.9. The van der Waals surface area contributed by atoms with Crippen LogP contribution in [0.25, 0.3) is 0 Å². The number of nitrogens with one attached hydrogen (secondary N) is 1. The Kier molecular flexibility index (Phi) is 7.57. The third-order valence-corrected chi connectivity index (χ3v) is 7.81. The number of thioether (sulfide) groups is 1. The summed E-state index contributed by atoms with van der Waals surface area (Å²) >= 11 is 1.28. The van der Waals surface area contributed by atoms with E-state index in [1.165, 1.54) is 11.8 Å². The molecule has 0 aromatic carbocycles. The van der Waals surface area contributed by atoms with Gasteiger partial charge >= 0.3 is 5.97 Å². The minimum absolute atomic E-state index is 0.000393. The number of nitrogens with zero attached hydrogens (tertiary/aromatic N) is 1. The molecule has 2 saturated carbocycles. The summed E-state index contributed by atoms with van der Waals surface area (Å²) in [6, 6.07) is -0.476. The first-order valence-electron chi connectivity index (χ1n) is 11.6. The first-order valence-corrected chi connectivity index (χ1v) is 12.5. The summed E-state index contributed by atoms with van der Waals surface area (Å²) in [6.45, 7) is 8.33. The monoisotopic (exact) mass is 444 g/mol. The maximum absolute atomic E-state index is 13.8. The summed E-state index contributed by atoms with van der Waals surface area (Å²) < 4.78 is 0. The maximum atomic E-state index is 13.8. The fraction of sp³-hybridized carbons (Fsp3) is 0.720. The standard InChI is InChI=1S/C25H36N2O3S/c1-16-5-7-17(8-6-16)23(28)27(19-11-9-18(26)10-12-19)21-15-20(13-14-25(2,3)4)31-22(21)24(29)30/h15-17,19,21-22,26H,5-12H2,1-4H3,(H,29,30)/t16-,17-,19?,21-,22?/m0/s1. The molecule has 3 rings (SSSR count). The van der Waals surface area contributed by atoms with E-state index in [4.69, 9.17) is 5.41 Å². The summed E-state index contributed by atoms with van der Waals surface area (Å²) in [5.41, 5.74) is 0.564. The Labute approximate surface area is 190 Å². The Balaban J connectivity index is 1.92. The second-order valence-corrected chi connectivity index (χ2v) is 11.6. The summed E-state index contributed by atoms with van der Waals surface area (Å²) in [4.78, 5) is 28.6. The van der Waals surface area contributed by atoms with Crippen LogP contribution in [0.15, 0.2) is 11.0 Å². The summed E-state index contributed by atoms with van der Waals surface area (Å²) in [6.07, 6.45) is 8.68. The van der Waals surface area contributed by atoms with Crippen LogP contribution in [-0.4, -0.2) is 44.9 Å². The molecule has 2 fully saturated rings. The molecule has 5 nitrogen and oxygen atoms in total. The number of carbonyl (C=O) groups excluding carboxylic acids is 1. The SMILES string of the molecule is CC(C)(C)C#CC1=C[C@H](N(C(=O)[C@H]2CC[C@H](C)CC2)C2CCC(=N)CC2)C(C(=O)O)S1. The molecule has 2 aliphatic carbocycles. The number of hydrogen-bond acceptors (Lipinski definition) is 4. The number of carboxylic acid groups (broad SMARTS) is 1. The molecule has 2 N–H and O–H groups in total. The van der Waals surface area contributed by atoms with Crippen molar-refractivity contribution >= 4 is 29.4 Å². The lowest BCUT2D eigenvalue weighted by molar-refractivity contribution is -0.144. The van der Waals surface area contributed by atoms with Gasteiger partial charge in [0, 0.05) is 23.1 Å². The first-order chi connectivity index (χ1) is 14.5. The van der Waals surface area contributed by atoms with Gasteiger partial charge in [0.25, 0.3) is 0 Å². The van der Waals surface area contributed by atoms with Crippen LogP contribution in [0.5, 0.6) is 0 Å². The van der Waals surface area contributed by atoms with Crippen molar-refractivity contribution in [1.82, 2.24) is 4.90 Å². The largest absolute Gasteiger partial charge is 0.480 e. The van der Waals surface area contributed by atoms with Gasteiger partial charge in [0.1, 0.15) is 5.25 Å². The zero-order valence-electron chi connectivity index (χ0n) is 19.2. The fourth-order valence-electron chi connectivity index (χ4n) is 4.75. The minimum Gasteiger partial charge on any atom is -0.480 e. The van der Waals surface area contributed by atoms with Crippen LogP contribution in [0.4, 0.5) is 0 Å². The molecular formula is C25H36N2O3S. The third kappa shape index (κ3) is 6.16. The van der Waals surface area contributed by atoms with Crippen LogP contribution in [0.2, 0.25) is 0 Å². The van der Waals surface area contributed by atoms with Crippen LogP contribution in [0.1, 0.15) is 79.1 Å². The number of aliphatic carboxylic acids is 1. The van der Waals surface area contributed by atoms with Crippen LogP contribution in [-0.2, 0) is 9.59 Å². The average molecular weight is 445 g/mol.